The van der Waals surface area contributed by atoms with Gasteiger partial charge in [0.25, 0.3) is 0 Å². The van der Waals surface area contributed by atoms with Crippen molar-refractivity contribution in [2.75, 3.05) is 26.2 Å². The summed E-state index contributed by atoms with van der Waals surface area (Å²) < 4.78 is 28.3. The van der Waals surface area contributed by atoms with Crippen molar-refractivity contribution in [2.45, 2.75) is 25.2 Å². The molecule has 0 unspecified atom stereocenters. The van der Waals surface area contributed by atoms with Crippen molar-refractivity contribution < 1.29 is 13.2 Å². The molecule has 0 saturated carbocycles. The quantitative estimate of drug-likeness (QED) is 0.199. The van der Waals surface area contributed by atoms with Gasteiger partial charge in [0.1, 0.15) is 12.4 Å². The van der Waals surface area contributed by atoms with Crippen LogP contribution < -0.4 is 20.5 Å². The summed E-state index contributed by atoms with van der Waals surface area (Å²) in [5, 5.41) is 11.5. The Kier molecular flexibility index (Phi) is 11.0. The molecule has 2 rings (SSSR count). The molecule has 0 spiro atoms. The molecule has 0 heterocycles. The maximum Gasteiger partial charge on any atom is 0.238 e. The Labute approximate surface area is 190 Å². The highest BCUT2D eigenvalue weighted by Gasteiger charge is 2.06. The van der Waals surface area contributed by atoms with E-state index in [4.69, 9.17) is 9.88 Å². The van der Waals surface area contributed by atoms with E-state index < -0.39 is 10.0 Å². The molecule has 0 radical (unpaired) electrons. The van der Waals surface area contributed by atoms with Crippen molar-refractivity contribution in [3.63, 3.8) is 0 Å². The molecule has 2 aromatic carbocycles. The highest BCUT2D eigenvalue weighted by Crippen LogP contribution is 2.11. The van der Waals surface area contributed by atoms with E-state index in [2.05, 4.69) is 15.6 Å². The molecular weight excluding hydrogens is 503 g/mol. The van der Waals surface area contributed by atoms with E-state index in [1.807, 2.05) is 38.1 Å². The molecule has 0 bridgehead atoms. The summed E-state index contributed by atoms with van der Waals surface area (Å²) in [5.74, 6) is 1.56. The molecule has 0 amide bonds. The first-order valence-electron chi connectivity index (χ1n) is 9.22. The van der Waals surface area contributed by atoms with Crippen molar-refractivity contribution in [1.29, 1.82) is 0 Å². The van der Waals surface area contributed by atoms with Gasteiger partial charge < -0.3 is 15.4 Å². The van der Waals surface area contributed by atoms with Crippen LogP contribution in [0.3, 0.4) is 0 Å². The van der Waals surface area contributed by atoms with E-state index in [9.17, 15) is 8.42 Å². The number of guanidine groups is 1. The number of ether oxygens (including phenoxy) is 1. The van der Waals surface area contributed by atoms with Gasteiger partial charge in [0.15, 0.2) is 5.96 Å². The summed E-state index contributed by atoms with van der Waals surface area (Å²) in [7, 11) is -3.66. The first-order chi connectivity index (χ1) is 13.4. The van der Waals surface area contributed by atoms with E-state index >= 15 is 0 Å². The molecule has 7 nitrogen and oxygen atoms in total. The number of nitrogens with zero attached hydrogens (tertiary/aromatic N) is 1. The lowest BCUT2D eigenvalue weighted by molar-refractivity contribution is 0.322. The van der Waals surface area contributed by atoms with Crippen LogP contribution in [0.15, 0.2) is 58.4 Å². The summed E-state index contributed by atoms with van der Waals surface area (Å²) in [6.45, 7) is 6.53. The molecular formula is C20H29IN4O3S. The number of aryl methyl sites for hydroxylation is 1. The van der Waals surface area contributed by atoms with Gasteiger partial charge in [-0.25, -0.2) is 13.6 Å². The minimum absolute atomic E-state index is 0. The largest absolute Gasteiger partial charge is 0.492 e. The van der Waals surface area contributed by atoms with Crippen molar-refractivity contribution in [3.05, 3.63) is 59.7 Å². The third-order valence-corrected chi connectivity index (χ3v) is 4.88. The first kappa shape index (κ1) is 25.2. The molecule has 4 N–H and O–H groups in total. The maximum atomic E-state index is 11.3. The predicted molar refractivity (Wildman–Crippen MR) is 128 cm³/mol. The summed E-state index contributed by atoms with van der Waals surface area (Å²) >= 11 is 0. The van der Waals surface area contributed by atoms with E-state index in [-0.39, 0.29) is 28.9 Å². The van der Waals surface area contributed by atoms with Gasteiger partial charge in [-0.15, -0.1) is 24.0 Å². The van der Waals surface area contributed by atoms with Crippen molar-refractivity contribution >= 4 is 40.0 Å². The third kappa shape index (κ3) is 9.46. The zero-order valence-corrected chi connectivity index (χ0v) is 19.9. The number of nitrogens with two attached hydrogens (primary N) is 1. The van der Waals surface area contributed by atoms with E-state index in [1.165, 1.54) is 17.7 Å². The number of nitrogens with one attached hydrogen (secondary N) is 2. The average Bonchev–Trinajstić information content (AvgIpc) is 2.66. The Hall–Kier alpha value is -1.85. The van der Waals surface area contributed by atoms with Crippen molar-refractivity contribution in [2.24, 2.45) is 10.1 Å². The zero-order chi connectivity index (χ0) is 20.4. The zero-order valence-electron chi connectivity index (χ0n) is 16.7. The van der Waals surface area contributed by atoms with Crippen LogP contribution in [-0.4, -0.2) is 40.6 Å². The number of hydrogen-bond acceptors (Lipinski definition) is 4. The lowest BCUT2D eigenvalue weighted by Gasteiger charge is -2.12. The van der Waals surface area contributed by atoms with Gasteiger partial charge in [-0.05, 0) is 50.1 Å². The highest BCUT2D eigenvalue weighted by atomic mass is 127. The Bertz CT molecular complexity index is 870. The van der Waals surface area contributed by atoms with Crippen LogP contribution in [0.5, 0.6) is 5.75 Å². The average molecular weight is 532 g/mol. The second kappa shape index (κ2) is 12.7. The summed E-state index contributed by atoms with van der Waals surface area (Å²) in [6.07, 6.45) is 0.696. The molecule has 160 valence electrons. The topological polar surface area (TPSA) is 106 Å². The van der Waals surface area contributed by atoms with Crippen LogP contribution in [0, 0.1) is 6.92 Å². The van der Waals surface area contributed by atoms with Crippen LogP contribution in [-0.2, 0) is 16.4 Å². The fraction of sp³-hybridized carbons (Fsp3) is 0.350. The second-order valence-electron chi connectivity index (χ2n) is 6.29. The lowest BCUT2D eigenvalue weighted by atomic mass is 10.1. The van der Waals surface area contributed by atoms with Crippen LogP contribution in [0.2, 0.25) is 0 Å². The number of primary sulfonamides is 1. The van der Waals surface area contributed by atoms with Crippen molar-refractivity contribution in [3.8, 4) is 5.75 Å². The Balaban J connectivity index is 0.00000420. The van der Waals surface area contributed by atoms with E-state index in [1.54, 1.807) is 12.1 Å². The van der Waals surface area contributed by atoms with Gasteiger partial charge in [-0.3, -0.25) is 4.99 Å². The normalized spacial score (nSPS) is 11.5. The fourth-order valence-corrected chi connectivity index (χ4v) is 2.97. The smallest absolute Gasteiger partial charge is 0.238 e. The van der Waals surface area contributed by atoms with Gasteiger partial charge in [0.2, 0.25) is 10.0 Å². The number of benzene rings is 2. The Morgan fingerprint density at radius 2 is 1.72 bits per heavy atom. The molecule has 0 aliphatic rings. The molecule has 0 aliphatic carbocycles. The molecule has 2 aromatic rings. The van der Waals surface area contributed by atoms with Crippen LogP contribution in [0.4, 0.5) is 0 Å². The predicted octanol–water partition coefficient (Wildman–Crippen LogP) is 2.44. The second-order valence-corrected chi connectivity index (χ2v) is 7.85. The number of sulfonamides is 1. The summed E-state index contributed by atoms with van der Waals surface area (Å²) in [4.78, 5) is 4.65. The molecule has 0 fully saturated rings. The van der Waals surface area contributed by atoms with E-state index in [0.717, 1.165) is 23.8 Å². The molecule has 29 heavy (non-hydrogen) atoms. The number of aliphatic imine (C=N–C) groups is 1. The van der Waals surface area contributed by atoms with Gasteiger partial charge in [-0.2, -0.15) is 0 Å². The molecule has 9 heteroatoms. The monoisotopic (exact) mass is 532 g/mol. The fourth-order valence-electron chi connectivity index (χ4n) is 2.46. The molecule has 0 saturated heterocycles. The molecule has 0 aromatic heterocycles. The third-order valence-electron chi connectivity index (χ3n) is 3.95. The first-order valence-corrected chi connectivity index (χ1v) is 10.8. The maximum absolute atomic E-state index is 11.3. The Morgan fingerprint density at radius 3 is 2.31 bits per heavy atom. The van der Waals surface area contributed by atoms with Crippen LogP contribution in [0.25, 0.3) is 0 Å². The molecule has 0 atom stereocenters. The van der Waals surface area contributed by atoms with E-state index in [0.29, 0.717) is 26.1 Å². The number of halogens is 1. The SMILES string of the molecule is CCNC(=NCCc1ccc(S(N)(=O)=O)cc1)NCCOc1ccc(C)cc1.I. The van der Waals surface area contributed by atoms with Gasteiger partial charge >= 0.3 is 0 Å². The number of hydrogen-bond donors (Lipinski definition) is 3. The van der Waals surface area contributed by atoms with Gasteiger partial charge in [0.05, 0.1) is 11.4 Å². The highest BCUT2D eigenvalue weighted by molar-refractivity contribution is 14.0. The summed E-state index contributed by atoms with van der Waals surface area (Å²) in [6, 6.07) is 14.5. The van der Waals surface area contributed by atoms with Gasteiger partial charge in [0, 0.05) is 13.1 Å². The minimum atomic E-state index is -3.66. The van der Waals surface area contributed by atoms with Crippen LogP contribution >= 0.6 is 24.0 Å². The standard InChI is InChI=1S/C20H28N4O3S.HI/c1-3-22-20(24-14-15-27-18-8-4-16(2)5-9-18)23-13-12-17-6-10-19(11-7-17)28(21,25)26;/h4-11H,3,12-15H2,1-2H3,(H2,21,25,26)(H2,22,23,24);1H. The Morgan fingerprint density at radius 1 is 1.07 bits per heavy atom. The van der Waals surface area contributed by atoms with Crippen molar-refractivity contribution in [1.82, 2.24) is 10.6 Å². The van der Waals surface area contributed by atoms with Gasteiger partial charge in [-0.1, -0.05) is 29.8 Å². The molecule has 0 aliphatic heterocycles. The minimum Gasteiger partial charge on any atom is -0.492 e. The lowest BCUT2D eigenvalue weighted by Crippen LogP contribution is -2.39. The summed E-state index contributed by atoms with van der Waals surface area (Å²) in [5.41, 5.74) is 2.20. The number of rotatable bonds is 9. The van der Waals surface area contributed by atoms with Crippen LogP contribution in [0.1, 0.15) is 18.1 Å².